The monoisotopic (exact) mass is 430 g/mol. The van der Waals surface area contributed by atoms with Crippen molar-refractivity contribution in [2.75, 3.05) is 20.0 Å². The molecule has 164 valence electrons. The number of aromatic nitrogens is 4. The summed E-state index contributed by atoms with van der Waals surface area (Å²) in [5, 5.41) is 23.6. The standard InChI is InChI=1S/C19H22N6O6/c1-29-10-4-3-9(5-11(10)30-2)6-21-18(28)15-13(26)14(27)19(31-15)25-8-24-12-16(20)22-7-23-17(12)25/h3-5,7-8,13-15,19,26-27H,6H2,1-2H3,(H,21,28)(H2,20,22,23)/t13-,14+,15-,19?/m0/s1. The van der Waals surface area contributed by atoms with Crippen LogP contribution < -0.4 is 20.5 Å². The van der Waals surface area contributed by atoms with Crippen molar-refractivity contribution in [3.05, 3.63) is 36.4 Å². The largest absolute Gasteiger partial charge is 0.493 e. The van der Waals surface area contributed by atoms with Gasteiger partial charge in [-0.15, -0.1) is 0 Å². The number of methoxy groups -OCH3 is 2. The highest BCUT2D eigenvalue weighted by Crippen LogP contribution is 2.32. The van der Waals surface area contributed by atoms with Crippen LogP contribution in [0.1, 0.15) is 11.8 Å². The molecule has 1 unspecified atom stereocenters. The number of carbonyl (C=O) groups excluding carboxylic acids is 1. The molecule has 12 nitrogen and oxygen atoms in total. The molecule has 4 rings (SSSR count). The molecule has 0 spiro atoms. The number of nitrogens with one attached hydrogen (secondary N) is 1. The molecule has 1 aliphatic rings. The second kappa shape index (κ2) is 8.34. The second-order valence-electron chi connectivity index (χ2n) is 6.92. The Hall–Kier alpha value is -3.48. The van der Waals surface area contributed by atoms with E-state index in [0.717, 1.165) is 5.56 Å². The third-order valence-electron chi connectivity index (χ3n) is 5.07. The van der Waals surface area contributed by atoms with Gasteiger partial charge in [0.15, 0.2) is 35.3 Å². The zero-order valence-electron chi connectivity index (χ0n) is 16.8. The summed E-state index contributed by atoms with van der Waals surface area (Å²) in [6.45, 7) is 0.157. The van der Waals surface area contributed by atoms with E-state index in [0.29, 0.717) is 22.7 Å². The summed E-state index contributed by atoms with van der Waals surface area (Å²) in [7, 11) is 3.05. The van der Waals surface area contributed by atoms with Crippen molar-refractivity contribution in [3.63, 3.8) is 0 Å². The normalized spacial score (nSPS) is 23.1. The lowest BCUT2D eigenvalue weighted by Gasteiger charge is -2.16. The van der Waals surface area contributed by atoms with Gasteiger partial charge in [-0.05, 0) is 17.7 Å². The highest BCUT2D eigenvalue weighted by atomic mass is 16.6. The first-order chi connectivity index (χ1) is 14.9. The van der Waals surface area contributed by atoms with Gasteiger partial charge in [0.05, 0.1) is 20.5 Å². The fraction of sp³-hybridized carbons (Fsp3) is 0.368. The van der Waals surface area contributed by atoms with Crippen LogP contribution >= 0.6 is 0 Å². The first-order valence-corrected chi connectivity index (χ1v) is 9.37. The van der Waals surface area contributed by atoms with Crippen LogP contribution in [-0.2, 0) is 16.1 Å². The van der Waals surface area contributed by atoms with Crippen molar-refractivity contribution in [2.24, 2.45) is 0 Å². The highest BCUT2D eigenvalue weighted by Gasteiger charge is 2.47. The van der Waals surface area contributed by atoms with Crippen LogP contribution in [0.5, 0.6) is 11.5 Å². The van der Waals surface area contributed by atoms with E-state index in [1.165, 1.54) is 31.4 Å². The summed E-state index contributed by atoms with van der Waals surface area (Å²) in [4.78, 5) is 24.7. The van der Waals surface area contributed by atoms with Gasteiger partial charge in [-0.25, -0.2) is 15.0 Å². The molecule has 1 aliphatic heterocycles. The van der Waals surface area contributed by atoms with Crippen LogP contribution in [0.15, 0.2) is 30.9 Å². The van der Waals surface area contributed by atoms with Crippen molar-refractivity contribution < 1.29 is 29.2 Å². The minimum Gasteiger partial charge on any atom is -0.493 e. The van der Waals surface area contributed by atoms with Gasteiger partial charge in [0.1, 0.15) is 24.1 Å². The lowest BCUT2D eigenvalue weighted by Crippen LogP contribution is -2.42. The van der Waals surface area contributed by atoms with Crippen LogP contribution in [-0.4, -0.2) is 68.2 Å². The Morgan fingerprint density at radius 3 is 2.71 bits per heavy atom. The summed E-state index contributed by atoms with van der Waals surface area (Å²) in [5.41, 5.74) is 7.17. The van der Waals surface area contributed by atoms with Crippen LogP contribution in [0.25, 0.3) is 11.2 Å². The molecule has 3 heterocycles. The number of aliphatic hydroxyl groups is 2. The van der Waals surface area contributed by atoms with Crippen LogP contribution in [0.2, 0.25) is 0 Å². The number of nitrogen functional groups attached to an aromatic ring is 1. The lowest BCUT2D eigenvalue weighted by molar-refractivity contribution is -0.137. The molecular weight excluding hydrogens is 408 g/mol. The third kappa shape index (κ3) is 3.71. The van der Waals surface area contributed by atoms with Gasteiger partial charge in [-0.3, -0.25) is 9.36 Å². The number of hydrogen-bond acceptors (Lipinski definition) is 10. The van der Waals surface area contributed by atoms with Crippen molar-refractivity contribution in [1.29, 1.82) is 0 Å². The number of carbonyl (C=O) groups is 1. The fourth-order valence-electron chi connectivity index (χ4n) is 3.44. The zero-order valence-corrected chi connectivity index (χ0v) is 16.8. The predicted molar refractivity (Wildman–Crippen MR) is 107 cm³/mol. The molecule has 2 aromatic heterocycles. The molecule has 0 aliphatic carbocycles. The topological polar surface area (TPSA) is 167 Å². The fourth-order valence-corrected chi connectivity index (χ4v) is 3.44. The van der Waals surface area contributed by atoms with Gasteiger partial charge in [-0.2, -0.15) is 0 Å². The molecule has 0 saturated carbocycles. The Morgan fingerprint density at radius 2 is 1.97 bits per heavy atom. The SMILES string of the molecule is COc1ccc(CNC(=O)[C@H]2OC(n3cnc4c(N)ncnc43)[C@H](O)[C@@H]2O)cc1OC. The van der Waals surface area contributed by atoms with Crippen LogP contribution in [0.4, 0.5) is 5.82 Å². The number of ether oxygens (including phenoxy) is 3. The van der Waals surface area contributed by atoms with Crippen LogP contribution in [0.3, 0.4) is 0 Å². The average molecular weight is 430 g/mol. The Kier molecular flexibility index (Phi) is 5.59. The Bertz CT molecular complexity index is 1100. The molecule has 3 aromatic rings. The van der Waals surface area contributed by atoms with E-state index in [9.17, 15) is 15.0 Å². The number of nitrogens with zero attached hydrogens (tertiary/aromatic N) is 4. The predicted octanol–water partition coefficient (Wildman–Crippen LogP) is -0.639. The number of aliphatic hydroxyl groups excluding tert-OH is 2. The van der Waals surface area contributed by atoms with Gasteiger partial charge in [0, 0.05) is 6.54 Å². The van der Waals surface area contributed by atoms with Crippen LogP contribution in [0, 0.1) is 0 Å². The molecule has 0 bridgehead atoms. The molecular formula is C19H22N6O6. The van der Waals surface area contributed by atoms with E-state index in [1.807, 2.05) is 0 Å². The summed E-state index contributed by atoms with van der Waals surface area (Å²) in [5.74, 6) is 0.675. The molecule has 0 radical (unpaired) electrons. The van der Waals surface area contributed by atoms with Gasteiger partial charge in [0.25, 0.3) is 5.91 Å². The third-order valence-corrected chi connectivity index (χ3v) is 5.07. The van der Waals surface area contributed by atoms with Crippen molar-refractivity contribution in [2.45, 2.75) is 31.1 Å². The number of rotatable bonds is 6. The van der Waals surface area contributed by atoms with Crippen molar-refractivity contribution >= 4 is 22.9 Å². The Labute approximate surface area is 176 Å². The quantitative estimate of drug-likeness (QED) is 0.395. The smallest absolute Gasteiger partial charge is 0.252 e. The minimum absolute atomic E-state index is 0.157. The maximum Gasteiger partial charge on any atom is 0.252 e. The van der Waals surface area contributed by atoms with Gasteiger partial charge in [-0.1, -0.05) is 6.07 Å². The van der Waals surface area contributed by atoms with Crippen molar-refractivity contribution in [1.82, 2.24) is 24.8 Å². The molecule has 4 atom stereocenters. The number of anilines is 1. The first kappa shape index (κ1) is 20.8. The van der Waals surface area contributed by atoms with E-state index in [2.05, 4.69) is 20.3 Å². The molecule has 5 N–H and O–H groups in total. The first-order valence-electron chi connectivity index (χ1n) is 9.37. The van der Waals surface area contributed by atoms with Gasteiger partial charge < -0.3 is 35.5 Å². The number of benzene rings is 1. The minimum atomic E-state index is -1.45. The van der Waals surface area contributed by atoms with E-state index in [1.54, 1.807) is 18.2 Å². The number of imidazole rings is 1. The Balaban J connectivity index is 1.47. The van der Waals surface area contributed by atoms with Gasteiger partial charge >= 0.3 is 0 Å². The number of nitrogens with two attached hydrogens (primary N) is 1. The van der Waals surface area contributed by atoms with Crippen molar-refractivity contribution in [3.8, 4) is 11.5 Å². The summed E-state index contributed by atoms with van der Waals surface area (Å²) < 4.78 is 17.5. The molecule has 1 fully saturated rings. The van der Waals surface area contributed by atoms with E-state index in [4.69, 9.17) is 19.9 Å². The number of amides is 1. The summed E-state index contributed by atoms with van der Waals surface area (Å²) in [6.07, 6.45) is -2.60. The maximum absolute atomic E-state index is 12.7. The molecule has 1 amide bonds. The summed E-state index contributed by atoms with van der Waals surface area (Å²) in [6, 6.07) is 5.22. The highest BCUT2D eigenvalue weighted by molar-refractivity contribution is 5.82. The number of fused-ring (bicyclic) bond motifs is 1. The summed E-state index contributed by atoms with van der Waals surface area (Å²) >= 11 is 0. The van der Waals surface area contributed by atoms with E-state index in [-0.39, 0.29) is 12.4 Å². The Morgan fingerprint density at radius 1 is 1.19 bits per heavy atom. The molecule has 12 heteroatoms. The zero-order chi connectivity index (χ0) is 22.1. The second-order valence-corrected chi connectivity index (χ2v) is 6.92. The van der Waals surface area contributed by atoms with Gasteiger partial charge in [0.2, 0.25) is 0 Å². The average Bonchev–Trinajstić information content (AvgIpc) is 3.34. The maximum atomic E-state index is 12.7. The number of hydrogen-bond donors (Lipinski definition) is 4. The molecule has 1 aromatic carbocycles. The molecule has 1 saturated heterocycles. The molecule has 31 heavy (non-hydrogen) atoms. The van der Waals surface area contributed by atoms with E-state index < -0.39 is 30.4 Å². The van der Waals surface area contributed by atoms with E-state index >= 15 is 0 Å². The lowest BCUT2D eigenvalue weighted by atomic mass is 10.1.